The molecule has 1 aromatic heterocycles. The predicted octanol–water partition coefficient (Wildman–Crippen LogP) is 2.33. The first-order chi connectivity index (χ1) is 7.69. The number of nitrogens with zero attached hydrogens (tertiary/aromatic N) is 3. The van der Waals surface area contributed by atoms with Gasteiger partial charge in [0, 0.05) is 25.4 Å². The van der Waals surface area contributed by atoms with Gasteiger partial charge in [0.25, 0.3) is 0 Å². The summed E-state index contributed by atoms with van der Waals surface area (Å²) in [5, 5.41) is 8.07. The first kappa shape index (κ1) is 11.7. The van der Waals surface area contributed by atoms with Crippen LogP contribution in [0.1, 0.15) is 26.2 Å². The highest BCUT2D eigenvalue weighted by Gasteiger charge is 2.25. The molecule has 1 aromatic rings. The summed E-state index contributed by atoms with van der Waals surface area (Å²) in [5.41, 5.74) is 0. The molecule has 0 spiro atoms. The highest BCUT2D eigenvalue weighted by atomic mass is 35.5. The molecular formula is C11H18ClN3O. The zero-order valence-corrected chi connectivity index (χ0v) is 10.6. The minimum absolute atomic E-state index is 0.522. The third-order valence-electron chi connectivity index (χ3n) is 2.90. The first-order valence-electron chi connectivity index (χ1n) is 5.82. The van der Waals surface area contributed by atoms with E-state index in [2.05, 4.69) is 28.9 Å². The van der Waals surface area contributed by atoms with Crippen molar-refractivity contribution in [1.82, 2.24) is 10.2 Å². The fraction of sp³-hybridized carbons (Fsp3) is 0.818. The molecule has 2 unspecified atom stereocenters. The molecule has 0 saturated carbocycles. The maximum atomic E-state index is 5.64. The van der Waals surface area contributed by atoms with Crippen LogP contribution in [0, 0.1) is 11.8 Å². The number of hydrogen-bond acceptors (Lipinski definition) is 4. The molecule has 90 valence electrons. The lowest BCUT2D eigenvalue weighted by atomic mass is 9.92. The van der Waals surface area contributed by atoms with Crippen LogP contribution in [0.2, 0.25) is 0 Å². The summed E-state index contributed by atoms with van der Waals surface area (Å²) >= 11 is 5.64. The van der Waals surface area contributed by atoms with Crippen LogP contribution in [0.3, 0.4) is 0 Å². The number of halogens is 1. The molecule has 0 amide bonds. The number of hydrogen-bond donors (Lipinski definition) is 0. The Kier molecular flexibility index (Phi) is 3.69. The van der Waals surface area contributed by atoms with Crippen LogP contribution in [0.4, 0.5) is 6.01 Å². The van der Waals surface area contributed by atoms with Crippen molar-refractivity contribution < 1.29 is 4.42 Å². The van der Waals surface area contributed by atoms with E-state index in [1.165, 1.54) is 6.42 Å². The normalized spacial score (nSPS) is 26.1. The maximum Gasteiger partial charge on any atom is 0.318 e. The van der Waals surface area contributed by atoms with E-state index in [1.54, 1.807) is 0 Å². The van der Waals surface area contributed by atoms with Gasteiger partial charge in [-0.05, 0) is 18.3 Å². The molecule has 0 aromatic carbocycles. The van der Waals surface area contributed by atoms with Gasteiger partial charge in [0.15, 0.2) is 0 Å². The number of piperidine rings is 1. The van der Waals surface area contributed by atoms with Gasteiger partial charge in [-0.1, -0.05) is 18.9 Å². The van der Waals surface area contributed by atoms with Gasteiger partial charge in [-0.2, -0.15) is 0 Å². The summed E-state index contributed by atoms with van der Waals surface area (Å²) in [6.07, 6.45) is 1.92. The lowest BCUT2D eigenvalue weighted by Crippen LogP contribution is -2.38. The van der Waals surface area contributed by atoms with Crippen molar-refractivity contribution in [3.8, 4) is 0 Å². The summed E-state index contributed by atoms with van der Waals surface area (Å²) in [6, 6.07) is 0.651. The Morgan fingerprint density at radius 3 is 2.62 bits per heavy atom. The van der Waals surface area contributed by atoms with Gasteiger partial charge in [0.05, 0.1) is 0 Å². The fourth-order valence-electron chi connectivity index (χ4n) is 2.37. The lowest BCUT2D eigenvalue weighted by molar-refractivity contribution is 0.338. The van der Waals surface area contributed by atoms with Crippen LogP contribution in [0.25, 0.3) is 0 Å². The Bertz CT molecular complexity index is 332. The van der Waals surface area contributed by atoms with Crippen molar-refractivity contribution in [2.75, 3.05) is 23.9 Å². The molecular weight excluding hydrogens is 226 g/mol. The zero-order chi connectivity index (χ0) is 11.5. The molecule has 0 N–H and O–H groups in total. The van der Waals surface area contributed by atoms with E-state index in [4.69, 9.17) is 16.0 Å². The molecule has 1 saturated heterocycles. The molecule has 4 nitrogen and oxygen atoms in total. The molecule has 1 fully saturated rings. The molecule has 1 aliphatic rings. The molecule has 0 bridgehead atoms. The third kappa shape index (κ3) is 2.67. The van der Waals surface area contributed by atoms with Crippen LogP contribution in [0.5, 0.6) is 0 Å². The van der Waals surface area contributed by atoms with E-state index in [0.29, 0.717) is 36.0 Å². The lowest BCUT2D eigenvalue weighted by Gasteiger charge is -2.33. The van der Waals surface area contributed by atoms with Crippen LogP contribution < -0.4 is 4.90 Å². The number of anilines is 1. The van der Waals surface area contributed by atoms with Crippen molar-refractivity contribution in [2.45, 2.75) is 26.7 Å². The zero-order valence-electron chi connectivity index (χ0n) is 9.82. The van der Waals surface area contributed by atoms with E-state index < -0.39 is 0 Å². The van der Waals surface area contributed by atoms with Crippen molar-refractivity contribution in [2.24, 2.45) is 11.8 Å². The van der Waals surface area contributed by atoms with Gasteiger partial charge in [0.2, 0.25) is 5.89 Å². The standard InChI is InChI=1S/C11H18ClN3O/c1-8-5-9(2)7-15(6-8)11-14-13-10(16-11)3-4-12/h8-9H,3-7H2,1-2H3. The highest BCUT2D eigenvalue weighted by Crippen LogP contribution is 2.25. The summed E-state index contributed by atoms with van der Waals surface area (Å²) in [6.45, 7) is 6.54. The van der Waals surface area contributed by atoms with Crippen molar-refractivity contribution in [3.63, 3.8) is 0 Å². The minimum atomic E-state index is 0.522. The monoisotopic (exact) mass is 243 g/mol. The Morgan fingerprint density at radius 2 is 2.00 bits per heavy atom. The van der Waals surface area contributed by atoms with E-state index in [1.807, 2.05) is 0 Å². The van der Waals surface area contributed by atoms with Gasteiger partial charge >= 0.3 is 6.01 Å². The minimum Gasteiger partial charge on any atom is -0.408 e. The Labute approximate surface area is 101 Å². The molecule has 2 rings (SSSR count). The number of aryl methyl sites for hydroxylation is 1. The van der Waals surface area contributed by atoms with E-state index >= 15 is 0 Å². The first-order valence-corrected chi connectivity index (χ1v) is 6.35. The molecule has 16 heavy (non-hydrogen) atoms. The maximum absolute atomic E-state index is 5.64. The topological polar surface area (TPSA) is 42.2 Å². The summed E-state index contributed by atoms with van der Waals surface area (Å²) < 4.78 is 5.58. The second-order valence-corrected chi connectivity index (χ2v) is 5.15. The Balaban J connectivity index is 2.04. The second-order valence-electron chi connectivity index (χ2n) is 4.77. The van der Waals surface area contributed by atoms with Crippen molar-refractivity contribution >= 4 is 17.6 Å². The summed E-state index contributed by atoms with van der Waals surface area (Å²) in [5.74, 6) is 2.53. The third-order valence-corrected chi connectivity index (χ3v) is 3.09. The summed E-state index contributed by atoms with van der Waals surface area (Å²) in [7, 11) is 0. The second kappa shape index (κ2) is 5.04. The van der Waals surface area contributed by atoms with Crippen LogP contribution >= 0.6 is 11.6 Å². The van der Waals surface area contributed by atoms with Crippen LogP contribution in [-0.2, 0) is 6.42 Å². The van der Waals surface area contributed by atoms with E-state index in [0.717, 1.165) is 13.1 Å². The molecule has 2 atom stereocenters. The molecule has 1 aliphatic heterocycles. The van der Waals surface area contributed by atoms with Crippen LogP contribution in [0.15, 0.2) is 4.42 Å². The van der Waals surface area contributed by atoms with Gasteiger partial charge in [-0.15, -0.1) is 16.7 Å². The smallest absolute Gasteiger partial charge is 0.318 e. The Morgan fingerprint density at radius 1 is 1.31 bits per heavy atom. The predicted molar refractivity (Wildman–Crippen MR) is 63.9 cm³/mol. The molecule has 0 aliphatic carbocycles. The number of rotatable bonds is 3. The number of aromatic nitrogens is 2. The van der Waals surface area contributed by atoms with Crippen LogP contribution in [-0.4, -0.2) is 29.2 Å². The SMILES string of the molecule is CC1CC(C)CN(c2nnc(CCCl)o2)C1. The van der Waals surface area contributed by atoms with Gasteiger partial charge in [-0.25, -0.2) is 0 Å². The fourth-order valence-corrected chi connectivity index (χ4v) is 2.54. The molecule has 0 radical (unpaired) electrons. The van der Waals surface area contributed by atoms with Gasteiger partial charge in [-0.3, -0.25) is 0 Å². The molecule has 5 heteroatoms. The highest BCUT2D eigenvalue weighted by molar-refractivity contribution is 6.17. The Hall–Kier alpha value is -0.770. The average molecular weight is 244 g/mol. The van der Waals surface area contributed by atoms with E-state index in [9.17, 15) is 0 Å². The van der Waals surface area contributed by atoms with Gasteiger partial charge < -0.3 is 9.32 Å². The average Bonchev–Trinajstić information content (AvgIpc) is 2.65. The molecule has 2 heterocycles. The largest absolute Gasteiger partial charge is 0.408 e. The van der Waals surface area contributed by atoms with Crippen molar-refractivity contribution in [3.05, 3.63) is 5.89 Å². The quantitative estimate of drug-likeness (QED) is 0.765. The number of alkyl halides is 1. The van der Waals surface area contributed by atoms with Gasteiger partial charge in [0.1, 0.15) is 0 Å². The van der Waals surface area contributed by atoms with E-state index in [-0.39, 0.29) is 0 Å². The van der Waals surface area contributed by atoms with Crippen molar-refractivity contribution in [1.29, 1.82) is 0 Å². The summed E-state index contributed by atoms with van der Waals surface area (Å²) in [4.78, 5) is 2.18.